The molecule has 0 heterocycles. The second-order valence-corrected chi connectivity index (χ2v) is 5.06. The van der Waals surface area contributed by atoms with Gasteiger partial charge in [-0.25, -0.2) is 4.39 Å². The predicted molar refractivity (Wildman–Crippen MR) is 74.3 cm³/mol. The largest absolute Gasteiger partial charge is 0.486 e. The van der Waals surface area contributed by atoms with Crippen LogP contribution in [0.5, 0.6) is 5.75 Å². The minimum Gasteiger partial charge on any atom is -0.486 e. The molecule has 0 atom stereocenters. The molecule has 0 amide bonds. The first-order valence-corrected chi connectivity index (χ1v) is 6.35. The second kappa shape index (κ2) is 5.59. The van der Waals surface area contributed by atoms with E-state index in [-0.39, 0.29) is 17.4 Å². The molecule has 0 fully saturated rings. The van der Waals surface area contributed by atoms with Crippen LogP contribution in [0.1, 0.15) is 5.56 Å². The molecule has 0 aromatic heterocycles. The van der Waals surface area contributed by atoms with Gasteiger partial charge >= 0.3 is 0 Å². The fourth-order valence-corrected chi connectivity index (χ4v) is 2.24. The SMILES string of the molecule is Nc1cc(Br)cc(COc2cccc(Cl)c2F)c1. The van der Waals surface area contributed by atoms with Crippen LogP contribution in [0.2, 0.25) is 5.02 Å². The van der Waals surface area contributed by atoms with Crippen molar-refractivity contribution in [2.24, 2.45) is 0 Å². The lowest BCUT2D eigenvalue weighted by atomic mass is 10.2. The maximum Gasteiger partial charge on any atom is 0.183 e. The first kappa shape index (κ1) is 13.2. The average molecular weight is 331 g/mol. The highest BCUT2D eigenvalue weighted by Crippen LogP contribution is 2.25. The topological polar surface area (TPSA) is 35.2 Å². The monoisotopic (exact) mass is 329 g/mol. The van der Waals surface area contributed by atoms with Crippen molar-refractivity contribution in [3.05, 3.63) is 57.3 Å². The van der Waals surface area contributed by atoms with Crippen molar-refractivity contribution in [2.75, 3.05) is 5.73 Å². The summed E-state index contributed by atoms with van der Waals surface area (Å²) >= 11 is 9.00. The Kier molecular flexibility index (Phi) is 4.09. The molecular weight excluding hydrogens is 321 g/mol. The molecule has 5 heteroatoms. The van der Waals surface area contributed by atoms with Gasteiger partial charge in [-0.2, -0.15) is 0 Å². The van der Waals surface area contributed by atoms with Gasteiger partial charge in [-0.05, 0) is 35.9 Å². The Morgan fingerprint density at radius 1 is 1.28 bits per heavy atom. The Hall–Kier alpha value is -1.26. The van der Waals surface area contributed by atoms with Gasteiger partial charge in [-0.15, -0.1) is 0 Å². The molecule has 0 aliphatic heterocycles. The third-order valence-electron chi connectivity index (χ3n) is 2.29. The van der Waals surface area contributed by atoms with E-state index in [1.165, 1.54) is 12.1 Å². The highest BCUT2D eigenvalue weighted by Gasteiger charge is 2.07. The highest BCUT2D eigenvalue weighted by atomic mass is 79.9. The summed E-state index contributed by atoms with van der Waals surface area (Å²) in [5.74, 6) is -0.428. The molecule has 2 aromatic carbocycles. The zero-order valence-electron chi connectivity index (χ0n) is 9.29. The minimum absolute atomic E-state index is 0.0428. The van der Waals surface area contributed by atoms with E-state index < -0.39 is 5.82 Å². The van der Waals surface area contributed by atoms with Gasteiger partial charge in [0.1, 0.15) is 6.61 Å². The van der Waals surface area contributed by atoms with Crippen molar-refractivity contribution in [3.8, 4) is 5.75 Å². The lowest BCUT2D eigenvalue weighted by molar-refractivity contribution is 0.290. The molecule has 0 spiro atoms. The number of anilines is 1. The quantitative estimate of drug-likeness (QED) is 0.846. The normalized spacial score (nSPS) is 10.4. The van der Waals surface area contributed by atoms with Crippen LogP contribution in [0, 0.1) is 5.82 Å². The predicted octanol–water partition coefficient (Wildman–Crippen LogP) is 4.40. The van der Waals surface area contributed by atoms with E-state index in [1.54, 1.807) is 18.2 Å². The zero-order chi connectivity index (χ0) is 13.1. The van der Waals surface area contributed by atoms with Crippen LogP contribution >= 0.6 is 27.5 Å². The van der Waals surface area contributed by atoms with Crippen molar-refractivity contribution in [1.82, 2.24) is 0 Å². The van der Waals surface area contributed by atoms with Gasteiger partial charge in [0.25, 0.3) is 0 Å². The third kappa shape index (κ3) is 3.15. The van der Waals surface area contributed by atoms with Crippen molar-refractivity contribution in [3.63, 3.8) is 0 Å². The molecule has 0 radical (unpaired) electrons. The second-order valence-electron chi connectivity index (χ2n) is 3.73. The number of nitrogens with two attached hydrogens (primary N) is 1. The van der Waals surface area contributed by atoms with Crippen LogP contribution in [0.15, 0.2) is 40.9 Å². The molecule has 18 heavy (non-hydrogen) atoms. The molecular formula is C13H10BrClFNO. The molecule has 94 valence electrons. The summed E-state index contributed by atoms with van der Waals surface area (Å²) in [4.78, 5) is 0. The number of nitrogen functional groups attached to an aromatic ring is 1. The summed E-state index contributed by atoms with van der Waals surface area (Å²) in [7, 11) is 0. The number of halogens is 3. The van der Waals surface area contributed by atoms with Gasteiger partial charge in [0.2, 0.25) is 0 Å². The number of hydrogen-bond acceptors (Lipinski definition) is 2. The first-order valence-electron chi connectivity index (χ1n) is 5.18. The van der Waals surface area contributed by atoms with Gasteiger partial charge in [0.15, 0.2) is 11.6 Å². The number of ether oxygens (including phenoxy) is 1. The van der Waals surface area contributed by atoms with E-state index in [0.29, 0.717) is 5.69 Å². The minimum atomic E-state index is -0.554. The molecule has 0 aliphatic carbocycles. The van der Waals surface area contributed by atoms with Crippen LogP contribution in [0.3, 0.4) is 0 Å². The first-order chi connectivity index (χ1) is 8.56. The van der Waals surface area contributed by atoms with Crippen LogP contribution in [-0.4, -0.2) is 0 Å². The van der Waals surface area contributed by atoms with Crippen LogP contribution < -0.4 is 10.5 Å². The standard InChI is InChI=1S/C13H10BrClFNO/c14-9-4-8(5-10(17)6-9)7-18-12-3-1-2-11(15)13(12)16/h1-6H,7,17H2. The Labute approximate surface area is 118 Å². The third-order valence-corrected chi connectivity index (χ3v) is 3.04. The summed E-state index contributed by atoms with van der Waals surface area (Å²) in [6, 6.07) is 10.1. The van der Waals surface area contributed by atoms with E-state index >= 15 is 0 Å². The molecule has 0 unspecified atom stereocenters. The molecule has 0 bridgehead atoms. The summed E-state index contributed by atoms with van der Waals surface area (Å²) < 4.78 is 19.8. The Morgan fingerprint density at radius 2 is 2.06 bits per heavy atom. The van der Waals surface area contributed by atoms with Gasteiger partial charge < -0.3 is 10.5 Å². The molecule has 2 aromatic rings. The molecule has 2 nitrogen and oxygen atoms in total. The zero-order valence-corrected chi connectivity index (χ0v) is 11.6. The van der Waals surface area contributed by atoms with Gasteiger partial charge in [0.05, 0.1) is 5.02 Å². The van der Waals surface area contributed by atoms with E-state index in [9.17, 15) is 4.39 Å². The summed E-state index contributed by atoms with van der Waals surface area (Å²) in [5.41, 5.74) is 7.17. The van der Waals surface area contributed by atoms with E-state index in [4.69, 9.17) is 22.1 Å². The Morgan fingerprint density at radius 3 is 2.78 bits per heavy atom. The van der Waals surface area contributed by atoms with Crippen LogP contribution in [-0.2, 0) is 6.61 Å². The molecule has 0 saturated heterocycles. The maximum absolute atomic E-state index is 13.6. The Balaban J connectivity index is 2.14. The fraction of sp³-hybridized carbons (Fsp3) is 0.0769. The molecule has 2 rings (SSSR count). The van der Waals surface area contributed by atoms with E-state index in [1.807, 2.05) is 6.07 Å². The van der Waals surface area contributed by atoms with Crippen molar-refractivity contribution in [2.45, 2.75) is 6.61 Å². The summed E-state index contributed by atoms with van der Waals surface area (Å²) in [6.45, 7) is 0.223. The lowest BCUT2D eigenvalue weighted by Crippen LogP contribution is -1.99. The van der Waals surface area contributed by atoms with Crippen LogP contribution in [0.25, 0.3) is 0 Å². The molecule has 0 saturated carbocycles. The van der Waals surface area contributed by atoms with Gasteiger partial charge in [-0.3, -0.25) is 0 Å². The summed E-state index contributed by atoms with van der Waals surface area (Å²) in [6.07, 6.45) is 0. The van der Waals surface area contributed by atoms with Crippen LogP contribution in [0.4, 0.5) is 10.1 Å². The highest BCUT2D eigenvalue weighted by molar-refractivity contribution is 9.10. The maximum atomic E-state index is 13.6. The van der Waals surface area contributed by atoms with E-state index in [2.05, 4.69) is 15.9 Å². The average Bonchev–Trinajstić information content (AvgIpc) is 2.30. The summed E-state index contributed by atoms with van der Waals surface area (Å²) in [5, 5.41) is 0.0428. The lowest BCUT2D eigenvalue weighted by Gasteiger charge is -2.09. The fourth-order valence-electron chi connectivity index (χ4n) is 1.52. The van der Waals surface area contributed by atoms with Crippen molar-refractivity contribution in [1.29, 1.82) is 0 Å². The van der Waals surface area contributed by atoms with Crippen molar-refractivity contribution >= 4 is 33.2 Å². The van der Waals surface area contributed by atoms with E-state index in [0.717, 1.165) is 10.0 Å². The van der Waals surface area contributed by atoms with Crippen molar-refractivity contribution < 1.29 is 9.13 Å². The molecule has 0 aliphatic rings. The van der Waals surface area contributed by atoms with Gasteiger partial charge in [-0.1, -0.05) is 33.6 Å². The molecule has 2 N–H and O–H groups in total. The van der Waals surface area contributed by atoms with Gasteiger partial charge in [0, 0.05) is 10.2 Å². The smallest absolute Gasteiger partial charge is 0.183 e. The number of benzene rings is 2. The number of hydrogen-bond donors (Lipinski definition) is 1. The number of rotatable bonds is 3. The Bertz CT molecular complexity index is 557.